The van der Waals surface area contributed by atoms with Crippen LogP contribution in [0.1, 0.15) is 38.7 Å². The van der Waals surface area contributed by atoms with E-state index >= 15 is 0 Å². The van der Waals surface area contributed by atoms with Gasteiger partial charge in [-0.2, -0.15) is 10.2 Å². The van der Waals surface area contributed by atoms with Gasteiger partial charge in [0.2, 0.25) is 0 Å². The zero-order chi connectivity index (χ0) is 15.4. The zero-order valence-corrected chi connectivity index (χ0v) is 13.2. The van der Waals surface area contributed by atoms with Gasteiger partial charge in [0.25, 0.3) is 0 Å². The first-order valence-electron chi connectivity index (χ1n) is 7.12. The Labute approximate surface area is 129 Å². The van der Waals surface area contributed by atoms with Crippen molar-refractivity contribution < 1.29 is 9.53 Å². The van der Waals surface area contributed by atoms with E-state index in [1.807, 2.05) is 31.2 Å². The molecule has 0 saturated heterocycles. The molecule has 112 valence electrons. The predicted molar refractivity (Wildman–Crippen MR) is 85.2 cm³/mol. The molecule has 0 spiro atoms. The van der Waals surface area contributed by atoms with Gasteiger partial charge < -0.3 is 4.74 Å². The van der Waals surface area contributed by atoms with Gasteiger partial charge in [0.05, 0.1) is 12.3 Å². The van der Waals surface area contributed by atoms with Crippen molar-refractivity contribution in [3.05, 3.63) is 34.9 Å². The largest absolute Gasteiger partial charge is 0.465 e. The molecular weight excluding hydrogens is 288 g/mol. The third-order valence-corrected chi connectivity index (χ3v) is 3.97. The van der Waals surface area contributed by atoms with Crippen LogP contribution in [0.3, 0.4) is 0 Å². The number of ether oxygens (including phenoxy) is 1. The Morgan fingerprint density at radius 3 is 2.62 bits per heavy atom. The number of carbonyl (C=O) groups excluding carboxylic acids is 1. The number of hydrogen-bond donors (Lipinski definition) is 0. The molecule has 0 amide bonds. The minimum Gasteiger partial charge on any atom is -0.465 e. The number of rotatable bonds is 4. The topological polar surface area (TPSA) is 51.0 Å². The Balaban J connectivity index is 2.50. The number of hydrogen-bond acceptors (Lipinski definition) is 4. The summed E-state index contributed by atoms with van der Waals surface area (Å²) in [5.41, 5.74) is 2.41. The molecular formula is C16H19ClN2O2. The average molecular weight is 307 g/mol. The lowest BCUT2D eigenvalue weighted by Gasteiger charge is -2.29. The average Bonchev–Trinajstić information content (AvgIpc) is 2.47. The van der Waals surface area contributed by atoms with E-state index in [-0.39, 0.29) is 11.9 Å². The molecule has 1 aromatic rings. The molecule has 0 aromatic heterocycles. The van der Waals surface area contributed by atoms with Gasteiger partial charge in [-0.25, -0.2) is 0 Å². The zero-order valence-electron chi connectivity index (χ0n) is 12.5. The fraction of sp³-hybridized carbons (Fsp3) is 0.438. The van der Waals surface area contributed by atoms with Crippen LogP contribution in [0, 0.1) is 5.92 Å². The number of benzene rings is 1. The van der Waals surface area contributed by atoms with Crippen LogP contribution in [0.15, 0.2) is 34.5 Å². The normalized spacial score (nSPS) is 21.5. The van der Waals surface area contributed by atoms with Crippen molar-refractivity contribution in [2.24, 2.45) is 16.1 Å². The maximum atomic E-state index is 12.4. The third kappa shape index (κ3) is 3.16. The molecule has 0 aliphatic carbocycles. The highest BCUT2D eigenvalue weighted by molar-refractivity contribution is 6.32. The summed E-state index contributed by atoms with van der Waals surface area (Å²) in [4.78, 5) is 12.4. The van der Waals surface area contributed by atoms with E-state index in [4.69, 9.17) is 16.3 Å². The van der Waals surface area contributed by atoms with E-state index in [0.717, 1.165) is 11.3 Å². The van der Waals surface area contributed by atoms with Crippen molar-refractivity contribution in [3.8, 4) is 0 Å². The standard InChI is InChI=1S/C16H19ClN2O2/c1-4-13-15(11-8-6-7-9-12(11)17)14(10(3)18-19-13)16(20)21-5-2/h6-9,14-15H,4-5H2,1-3H3. The van der Waals surface area contributed by atoms with Crippen LogP contribution in [0.4, 0.5) is 0 Å². The summed E-state index contributed by atoms with van der Waals surface area (Å²) in [5, 5.41) is 9.02. The molecule has 0 saturated carbocycles. The molecule has 1 heterocycles. The lowest BCUT2D eigenvalue weighted by molar-refractivity contribution is -0.145. The molecule has 0 N–H and O–H groups in total. The molecule has 0 fully saturated rings. The Kier molecular flexibility index (Phi) is 5.12. The summed E-state index contributed by atoms with van der Waals surface area (Å²) < 4.78 is 5.22. The van der Waals surface area contributed by atoms with E-state index in [1.165, 1.54) is 0 Å². The summed E-state index contributed by atoms with van der Waals surface area (Å²) in [5.74, 6) is -0.943. The van der Waals surface area contributed by atoms with Gasteiger partial charge in [0, 0.05) is 16.7 Å². The summed E-state index contributed by atoms with van der Waals surface area (Å²) in [6.07, 6.45) is 0.711. The fourth-order valence-electron chi connectivity index (χ4n) is 2.62. The number of nitrogens with zero attached hydrogens (tertiary/aromatic N) is 2. The van der Waals surface area contributed by atoms with Crippen molar-refractivity contribution in [2.45, 2.75) is 33.1 Å². The summed E-state index contributed by atoms with van der Waals surface area (Å²) in [7, 11) is 0. The number of carbonyl (C=O) groups is 1. The van der Waals surface area contributed by atoms with Crippen molar-refractivity contribution in [2.75, 3.05) is 6.61 Å². The van der Waals surface area contributed by atoms with E-state index in [9.17, 15) is 4.79 Å². The third-order valence-electron chi connectivity index (χ3n) is 3.62. The van der Waals surface area contributed by atoms with Gasteiger partial charge in [-0.15, -0.1) is 0 Å². The minimum atomic E-state index is -0.461. The predicted octanol–water partition coefficient (Wildman–Crippen LogP) is 3.84. The van der Waals surface area contributed by atoms with Crippen LogP contribution in [0.5, 0.6) is 0 Å². The molecule has 0 radical (unpaired) electrons. The van der Waals surface area contributed by atoms with E-state index in [2.05, 4.69) is 10.2 Å². The molecule has 0 bridgehead atoms. The fourth-order valence-corrected chi connectivity index (χ4v) is 2.87. The summed E-state index contributed by atoms with van der Waals surface area (Å²) >= 11 is 6.33. The Morgan fingerprint density at radius 2 is 2.00 bits per heavy atom. The summed E-state index contributed by atoms with van der Waals surface area (Å²) in [6.45, 7) is 5.95. The monoisotopic (exact) mass is 306 g/mol. The lowest BCUT2D eigenvalue weighted by atomic mass is 9.78. The van der Waals surface area contributed by atoms with Crippen molar-refractivity contribution >= 4 is 29.0 Å². The van der Waals surface area contributed by atoms with Crippen LogP contribution in [0.25, 0.3) is 0 Å². The van der Waals surface area contributed by atoms with Crippen molar-refractivity contribution in [1.82, 2.24) is 0 Å². The van der Waals surface area contributed by atoms with Gasteiger partial charge in [0.1, 0.15) is 5.92 Å². The molecule has 2 unspecified atom stereocenters. The van der Waals surface area contributed by atoms with Crippen LogP contribution < -0.4 is 0 Å². The highest BCUT2D eigenvalue weighted by Crippen LogP contribution is 2.36. The highest BCUT2D eigenvalue weighted by atomic mass is 35.5. The van der Waals surface area contributed by atoms with Crippen LogP contribution in [-0.2, 0) is 9.53 Å². The molecule has 2 atom stereocenters. The van der Waals surface area contributed by atoms with Crippen LogP contribution >= 0.6 is 11.6 Å². The van der Waals surface area contributed by atoms with Gasteiger partial charge in [-0.3, -0.25) is 4.79 Å². The highest BCUT2D eigenvalue weighted by Gasteiger charge is 2.39. The van der Waals surface area contributed by atoms with Gasteiger partial charge >= 0.3 is 5.97 Å². The Hall–Kier alpha value is -1.68. The molecule has 21 heavy (non-hydrogen) atoms. The van der Waals surface area contributed by atoms with Crippen molar-refractivity contribution in [3.63, 3.8) is 0 Å². The van der Waals surface area contributed by atoms with E-state index < -0.39 is 5.92 Å². The molecule has 5 heteroatoms. The van der Waals surface area contributed by atoms with Crippen LogP contribution in [0.2, 0.25) is 5.02 Å². The Morgan fingerprint density at radius 1 is 1.29 bits per heavy atom. The van der Waals surface area contributed by atoms with E-state index in [1.54, 1.807) is 13.8 Å². The Bertz CT molecular complexity index is 596. The number of halogens is 1. The lowest BCUT2D eigenvalue weighted by Crippen LogP contribution is -2.36. The second kappa shape index (κ2) is 6.85. The maximum absolute atomic E-state index is 12.4. The molecule has 1 aliphatic heterocycles. The second-order valence-corrected chi connectivity index (χ2v) is 5.32. The van der Waals surface area contributed by atoms with Gasteiger partial charge in [-0.05, 0) is 31.9 Å². The summed E-state index contributed by atoms with van der Waals surface area (Å²) in [6, 6.07) is 7.55. The van der Waals surface area contributed by atoms with Gasteiger partial charge in [-0.1, -0.05) is 36.7 Å². The SMILES string of the molecule is CCOC(=O)C1C(C)=NN=C(CC)C1c1ccccc1Cl. The van der Waals surface area contributed by atoms with Gasteiger partial charge in [0.15, 0.2) is 0 Å². The molecule has 1 aliphatic rings. The first-order valence-corrected chi connectivity index (χ1v) is 7.49. The first-order chi connectivity index (χ1) is 10.1. The van der Waals surface area contributed by atoms with Crippen molar-refractivity contribution in [1.29, 1.82) is 0 Å². The minimum absolute atomic E-state index is 0.208. The van der Waals surface area contributed by atoms with Crippen LogP contribution in [-0.4, -0.2) is 24.0 Å². The molecule has 1 aromatic carbocycles. The second-order valence-electron chi connectivity index (χ2n) is 4.92. The first kappa shape index (κ1) is 15.7. The molecule has 2 rings (SSSR count). The number of esters is 1. The maximum Gasteiger partial charge on any atom is 0.315 e. The van der Waals surface area contributed by atoms with E-state index in [0.29, 0.717) is 23.8 Å². The smallest absolute Gasteiger partial charge is 0.315 e. The quantitative estimate of drug-likeness (QED) is 0.793. The molecule has 4 nitrogen and oxygen atoms in total.